The van der Waals surface area contributed by atoms with Crippen molar-refractivity contribution in [2.75, 3.05) is 18.1 Å². The fraction of sp³-hybridized carbons (Fsp3) is 0.917. The van der Waals surface area contributed by atoms with Gasteiger partial charge in [-0.25, -0.2) is 8.42 Å². The van der Waals surface area contributed by atoms with Crippen LogP contribution in [0.3, 0.4) is 0 Å². The van der Waals surface area contributed by atoms with E-state index >= 15 is 0 Å². The van der Waals surface area contributed by atoms with Gasteiger partial charge in [0.25, 0.3) is 0 Å². The maximum Gasteiger partial charge on any atom is 0.322 e. The zero-order valence-electron chi connectivity index (χ0n) is 11.5. The number of rotatable bonds is 6. The average Bonchev–Trinajstić information content (AvgIpc) is 2.98. The minimum Gasteiger partial charge on any atom is -0.480 e. The highest BCUT2D eigenvalue weighted by Gasteiger charge is 2.46. The van der Waals surface area contributed by atoms with Crippen LogP contribution in [-0.4, -0.2) is 59.4 Å². The zero-order valence-corrected chi connectivity index (χ0v) is 13.2. The third-order valence-corrected chi connectivity index (χ3v) is 7.03. The molecule has 6 nitrogen and oxygen atoms in total. The number of sulfonamides is 1. The van der Waals surface area contributed by atoms with Crippen LogP contribution in [0.4, 0.5) is 0 Å². The first-order valence-corrected chi connectivity index (χ1v) is 9.58. The molecule has 0 radical (unpaired) electrons. The van der Waals surface area contributed by atoms with Gasteiger partial charge in [-0.3, -0.25) is 4.79 Å². The molecule has 0 aromatic heterocycles. The molecule has 2 fully saturated rings. The van der Waals surface area contributed by atoms with E-state index in [4.69, 9.17) is 4.74 Å². The summed E-state index contributed by atoms with van der Waals surface area (Å²) in [4.78, 5) is 11.3. The Hall–Kier alpha value is -0.310. The predicted octanol–water partition coefficient (Wildman–Crippen LogP) is 1.12. The number of aliphatic carboxylic acids is 1. The third-order valence-electron chi connectivity index (χ3n) is 3.60. The molecule has 0 aromatic carbocycles. The number of nitrogens with zero attached hydrogens (tertiary/aromatic N) is 1. The molecule has 3 atom stereocenters. The molecule has 0 spiro atoms. The second-order valence-electron chi connectivity index (χ2n) is 5.17. The van der Waals surface area contributed by atoms with Gasteiger partial charge < -0.3 is 9.84 Å². The first-order chi connectivity index (χ1) is 9.45. The summed E-state index contributed by atoms with van der Waals surface area (Å²) in [6.45, 7) is 2.56. The van der Waals surface area contributed by atoms with Crippen molar-refractivity contribution in [2.45, 2.75) is 50.1 Å². The molecular formula is C12H21NO5S2. The van der Waals surface area contributed by atoms with E-state index in [1.54, 1.807) is 0 Å². The summed E-state index contributed by atoms with van der Waals surface area (Å²) in [6.07, 6.45) is 2.82. The summed E-state index contributed by atoms with van der Waals surface area (Å²) in [5.74, 6) is -0.838. The molecule has 116 valence electrons. The van der Waals surface area contributed by atoms with E-state index < -0.39 is 22.0 Å². The first-order valence-electron chi connectivity index (χ1n) is 6.93. The smallest absolute Gasteiger partial charge is 0.322 e. The molecule has 2 aliphatic rings. The molecule has 2 rings (SSSR count). The molecule has 20 heavy (non-hydrogen) atoms. The number of hydrogen-bond donors (Lipinski definition) is 1. The maximum absolute atomic E-state index is 12.6. The van der Waals surface area contributed by atoms with Crippen molar-refractivity contribution in [3.8, 4) is 0 Å². The van der Waals surface area contributed by atoms with Gasteiger partial charge in [0.1, 0.15) is 6.04 Å². The fourth-order valence-electron chi connectivity index (χ4n) is 2.66. The van der Waals surface area contributed by atoms with Gasteiger partial charge in [-0.1, -0.05) is 13.3 Å². The van der Waals surface area contributed by atoms with Crippen LogP contribution in [0.1, 0.15) is 32.6 Å². The Morgan fingerprint density at radius 1 is 1.50 bits per heavy atom. The molecule has 0 saturated carbocycles. The lowest BCUT2D eigenvalue weighted by molar-refractivity contribution is -0.140. The van der Waals surface area contributed by atoms with Gasteiger partial charge in [0.05, 0.1) is 17.2 Å². The van der Waals surface area contributed by atoms with Gasteiger partial charge in [-0.2, -0.15) is 4.31 Å². The molecule has 0 bridgehead atoms. The molecular weight excluding hydrogens is 302 g/mol. The van der Waals surface area contributed by atoms with E-state index in [9.17, 15) is 18.3 Å². The number of carboxylic acid groups (broad SMARTS) is 1. The number of carboxylic acids is 1. The average molecular weight is 323 g/mol. The van der Waals surface area contributed by atoms with Crippen LogP contribution in [0.2, 0.25) is 0 Å². The van der Waals surface area contributed by atoms with Gasteiger partial charge in [0.15, 0.2) is 0 Å². The monoisotopic (exact) mass is 323 g/mol. The first kappa shape index (κ1) is 16.1. The zero-order chi connectivity index (χ0) is 14.8. The summed E-state index contributed by atoms with van der Waals surface area (Å²) < 4.78 is 31.7. The summed E-state index contributed by atoms with van der Waals surface area (Å²) in [7, 11) is -3.60. The van der Waals surface area contributed by atoms with Crippen LogP contribution in [0.25, 0.3) is 0 Å². The Balaban J connectivity index is 2.16. The molecule has 2 saturated heterocycles. The highest BCUT2D eigenvalue weighted by Crippen LogP contribution is 2.35. The van der Waals surface area contributed by atoms with Crippen LogP contribution >= 0.6 is 11.8 Å². The quantitative estimate of drug-likeness (QED) is 0.789. The molecule has 0 amide bonds. The normalized spacial score (nSPS) is 31.8. The van der Waals surface area contributed by atoms with Crippen LogP contribution in [0.15, 0.2) is 0 Å². The second-order valence-corrected chi connectivity index (χ2v) is 8.30. The van der Waals surface area contributed by atoms with Crippen molar-refractivity contribution in [3.63, 3.8) is 0 Å². The molecule has 8 heteroatoms. The molecule has 0 aliphatic carbocycles. The van der Waals surface area contributed by atoms with Crippen molar-refractivity contribution < 1.29 is 23.1 Å². The standard InChI is InChI=1S/C12H21NO5S2/c1-2-4-11-13(10(7-19-11)12(14)15)20(16,17)8-9-5-3-6-18-9/h9-11H,2-8H2,1H3,(H,14,15). The Kier molecular flexibility index (Phi) is 5.33. The summed E-state index contributed by atoms with van der Waals surface area (Å²) in [5.41, 5.74) is 0. The number of carbonyl (C=O) groups is 1. The molecule has 1 N–H and O–H groups in total. The Morgan fingerprint density at radius 2 is 2.25 bits per heavy atom. The highest BCUT2D eigenvalue weighted by molar-refractivity contribution is 8.01. The SMILES string of the molecule is CCCC1SCC(C(=O)O)N1S(=O)(=O)CC1CCCO1. The van der Waals surface area contributed by atoms with Gasteiger partial charge in [-0.15, -0.1) is 11.8 Å². The van der Waals surface area contributed by atoms with Crippen LogP contribution in [0, 0.1) is 0 Å². The van der Waals surface area contributed by atoms with E-state index in [0.717, 1.165) is 19.3 Å². The van der Waals surface area contributed by atoms with Crippen molar-refractivity contribution >= 4 is 27.8 Å². The van der Waals surface area contributed by atoms with Crippen molar-refractivity contribution in [2.24, 2.45) is 0 Å². The number of hydrogen-bond acceptors (Lipinski definition) is 5. The van der Waals surface area contributed by atoms with Crippen molar-refractivity contribution in [1.82, 2.24) is 4.31 Å². The van der Waals surface area contributed by atoms with E-state index in [1.165, 1.54) is 16.1 Å². The van der Waals surface area contributed by atoms with Crippen LogP contribution < -0.4 is 0 Å². The van der Waals surface area contributed by atoms with Gasteiger partial charge in [0, 0.05) is 12.4 Å². The lowest BCUT2D eigenvalue weighted by Gasteiger charge is -2.27. The Bertz CT molecular complexity index is 447. The Labute approximate surface area is 123 Å². The number of thioether (sulfide) groups is 1. The predicted molar refractivity (Wildman–Crippen MR) is 77.2 cm³/mol. The van der Waals surface area contributed by atoms with E-state index in [2.05, 4.69) is 0 Å². The van der Waals surface area contributed by atoms with Crippen molar-refractivity contribution in [3.05, 3.63) is 0 Å². The molecule has 3 unspecified atom stereocenters. The minimum absolute atomic E-state index is 0.0996. The highest BCUT2D eigenvalue weighted by atomic mass is 32.2. The lowest BCUT2D eigenvalue weighted by Crippen LogP contribution is -2.47. The van der Waals surface area contributed by atoms with E-state index in [1.807, 2.05) is 6.92 Å². The van der Waals surface area contributed by atoms with Crippen LogP contribution in [-0.2, 0) is 19.6 Å². The largest absolute Gasteiger partial charge is 0.480 e. The van der Waals surface area contributed by atoms with E-state index in [-0.39, 0.29) is 17.2 Å². The molecule has 2 heterocycles. The molecule has 0 aromatic rings. The minimum atomic E-state index is -3.60. The second kappa shape index (κ2) is 6.64. The van der Waals surface area contributed by atoms with Gasteiger partial charge in [-0.05, 0) is 19.3 Å². The summed E-state index contributed by atoms with van der Waals surface area (Å²) >= 11 is 1.42. The van der Waals surface area contributed by atoms with Gasteiger partial charge >= 0.3 is 5.97 Å². The molecule has 2 aliphatic heterocycles. The topological polar surface area (TPSA) is 83.9 Å². The summed E-state index contributed by atoms with van der Waals surface area (Å²) in [5, 5.41) is 8.99. The fourth-order valence-corrected chi connectivity index (χ4v) is 6.65. The van der Waals surface area contributed by atoms with Crippen LogP contribution in [0.5, 0.6) is 0 Å². The van der Waals surface area contributed by atoms with Crippen molar-refractivity contribution in [1.29, 1.82) is 0 Å². The maximum atomic E-state index is 12.6. The number of ether oxygens (including phenoxy) is 1. The van der Waals surface area contributed by atoms with Gasteiger partial charge in [0.2, 0.25) is 10.0 Å². The van der Waals surface area contributed by atoms with E-state index in [0.29, 0.717) is 18.8 Å². The Morgan fingerprint density at radius 3 is 2.80 bits per heavy atom. The summed E-state index contributed by atoms with van der Waals surface area (Å²) in [6, 6.07) is -0.942. The third kappa shape index (κ3) is 3.47. The lowest BCUT2D eigenvalue weighted by atomic mass is 10.3.